The van der Waals surface area contributed by atoms with E-state index >= 15 is 0 Å². The van der Waals surface area contributed by atoms with Gasteiger partial charge < -0.3 is 4.90 Å². The molecular weight excluding hydrogens is 214 g/mol. The first-order valence-electron chi connectivity index (χ1n) is 5.66. The monoisotopic (exact) mass is 227 g/mol. The Kier molecular flexibility index (Phi) is 2.21. The van der Waals surface area contributed by atoms with E-state index in [2.05, 4.69) is 10.2 Å². The highest BCUT2D eigenvalue weighted by Crippen LogP contribution is 2.23. The quantitative estimate of drug-likeness (QED) is 0.809. The molecule has 1 N–H and O–H groups in total. The standard InChI is InChI=1S/C13H13N3O/c1-9-2-4-11(5-3-9)16-7-6-10-8-14-15-12(10)13(16)17/h2-5,8H,6-7H2,1H3,(H,14,15). The number of benzene rings is 1. The van der Waals surface area contributed by atoms with Crippen LogP contribution in [0.5, 0.6) is 0 Å². The molecule has 17 heavy (non-hydrogen) atoms. The third-order valence-electron chi connectivity index (χ3n) is 3.13. The average Bonchev–Trinajstić information content (AvgIpc) is 2.80. The molecule has 0 atom stereocenters. The fourth-order valence-corrected chi connectivity index (χ4v) is 2.13. The highest BCUT2D eigenvalue weighted by molar-refractivity contribution is 6.06. The second-order valence-corrected chi connectivity index (χ2v) is 4.31. The summed E-state index contributed by atoms with van der Waals surface area (Å²) in [4.78, 5) is 14.0. The first-order valence-corrected chi connectivity index (χ1v) is 5.66. The second-order valence-electron chi connectivity index (χ2n) is 4.31. The Hall–Kier alpha value is -2.10. The van der Waals surface area contributed by atoms with Gasteiger partial charge in [0.05, 0.1) is 6.20 Å². The number of aromatic nitrogens is 2. The van der Waals surface area contributed by atoms with Crippen molar-refractivity contribution in [3.63, 3.8) is 0 Å². The molecule has 1 aromatic carbocycles. The normalized spacial score (nSPS) is 14.9. The smallest absolute Gasteiger partial charge is 0.276 e. The molecule has 1 aromatic heterocycles. The third kappa shape index (κ3) is 1.62. The fourth-order valence-electron chi connectivity index (χ4n) is 2.13. The van der Waals surface area contributed by atoms with Gasteiger partial charge in [-0.05, 0) is 25.5 Å². The first-order chi connectivity index (χ1) is 8.25. The van der Waals surface area contributed by atoms with Gasteiger partial charge in [0.15, 0.2) is 0 Å². The predicted octanol–water partition coefficient (Wildman–Crippen LogP) is 1.92. The van der Waals surface area contributed by atoms with Crippen molar-refractivity contribution in [3.8, 4) is 0 Å². The molecule has 0 radical (unpaired) electrons. The molecule has 4 heteroatoms. The van der Waals surface area contributed by atoms with Gasteiger partial charge in [0.1, 0.15) is 5.69 Å². The number of aryl methyl sites for hydroxylation is 1. The topological polar surface area (TPSA) is 49.0 Å². The van der Waals surface area contributed by atoms with Gasteiger partial charge in [-0.1, -0.05) is 17.7 Å². The summed E-state index contributed by atoms with van der Waals surface area (Å²) in [5.41, 5.74) is 3.77. The van der Waals surface area contributed by atoms with E-state index in [1.54, 1.807) is 11.1 Å². The molecule has 0 aliphatic carbocycles. The lowest BCUT2D eigenvalue weighted by Crippen LogP contribution is -2.37. The van der Waals surface area contributed by atoms with E-state index in [1.165, 1.54) is 5.56 Å². The molecule has 0 unspecified atom stereocenters. The third-order valence-corrected chi connectivity index (χ3v) is 3.13. The summed E-state index contributed by atoms with van der Waals surface area (Å²) in [5.74, 6) is 0.00704. The molecule has 0 spiro atoms. The lowest BCUT2D eigenvalue weighted by Gasteiger charge is -2.26. The van der Waals surface area contributed by atoms with Gasteiger partial charge in [-0.15, -0.1) is 0 Å². The number of aromatic amines is 1. The summed E-state index contributed by atoms with van der Waals surface area (Å²) in [7, 11) is 0. The van der Waals surface area contributed by atoms with Crippen molar-refractivity contribution in [1.82, 2.24) is 10.2 Å². The van der Waals surface area contributed by atoms with Crippen molar-refractivity contribution >= 4 is 11.6 Å². The zero-order chi connectivity index (χ0) is 11.8. The van der Waals surface area contributed by atoms with Crippen LogP contribution in [0.25, 0.3) is 0 Å². The molecule has 1 aliphatic rings. The molecule has 0 saturated carbocycles. The van der Waals surface area contributed by atoms with E-state index in [1.807, 2.05) is 31.2 Å². The summed E-state index contributed by atoms with van der Waals surface area (Å²) in [6, 6.07) is 8.00. The van der Waals surface area contributed by atoms with Gasteiger partial charge in [0.2, 0.25) is 0 Å². The maximum absolute atomic E-state index is 12.2. The summed E-state index contributed by atoms with van der Waals surface area (Å²) in [6.45, 7) is 2.75. The van der Waals surface area contributed by atoms with Gasteiger partial charge in [0, 0.05) is 17.8 Å². The molecule has 1 amide bonds. The van der Waals surface area contributed by atoms with Crippen molar-refractivity contribution < 1.29 is 4.79 Å². The Balaban J connectivity index is 1.96. The number of amides is 1. The minimum absolute atomic E-state index is 0.00704. The summed E-state index contributed by atoms with van der Waals surface area (Å²) in [5, 5.41) is 6.70. The van der Waals surface area contributed by atoms with Gasteiger partial charge >= 0.3 is 0 Å². The van der Waals surface area contributed by atoms with Crippen molar-refractivity contribution in [1.29, 1.82) is 0 Å². The summed E-state index contributed by atoms with van der Waals surface area (Å²) >= 11 is 0. The summed E-state index contributed by atoms with van der Waals surface area (Å²) < 4.78 is 0. The Labute approximate surface area is 99.3 Å². The van der Waals surface area contributed by atoms with Crippen molar-refractivity contribution in [3.05, 3.63) is 47.3 Å². The lowest BCUT2D eigenvalue weighted by molar-refractivity contribution is 0.0976. The predicted molar refractivity (Wildman–Crippen MR) is 65.1 cm³/mol. The zero-order valence-electron chi connectivity index (χ0n) is 9.60. The van der Waals surface area contributed by atoms with Gasteiger partial charge in [-0.25, -0.2) is 0 Å². The van der Waals surface area contributed by atoms with Crippen molar-refractivity contribution in [2.75, 3.05) is 11.4 Å². The van der Waals surface area contributed by atoms with E-state index in [4.69, 9.17) is 0 Å². The number of nitrogens with zero attached hydrogens (tertiary/aromatic N) is 2. The Morgan fingerprint density at radius 2 is 2.06 bits per heavy atom. The van der Waals surface area contributed by atoms with Crippen LogP contribution in [-0.2, 0) is 6.42 Å². The Morgan fingerprint density at radius 1 is 1.29 bits per heavy atom. The van der Waals surface area contributed by atoms with E-state index < -0.39 is 0 Å². The number of fused-ring (bicyclic) bond motifs is 1. The van der Waals surface area contributed by atoms with Gasteiger partial charge in [-0.2, -0.15) is 5.10 Å². The fraction of sp³-hybridized carbons (Fsp3) is 0.231. The van der Waals surface area contributed by atoms with Crippen LogP contribution in [0.3, 0.4) is 0 Å². The average molecular weight is 227 g/mol. The van der Waals surface area contributed by atoms with Crippen LogP contribution in [0.15, 0.2) is 30.5 Å². The number of anilines is 1. The van der Waals surface area contributed by atoms with Crippen LogP contribution in [-0.4, -0.2) is 22.6 Å². The molecule has 0 saturated heterocycles. The summed E-state index contributed by atoms with van der Waals surface area (Å²) in [6.07, 6.45) is 2.59. The second kappa shape index (κ2) is 3.73. The molecule has 0 bridgehead atoms. The van der Waals surface area contributed by atoms with Crippen molar-refractivity contribution in [2.45, 2.75) is 13.3 Å². The Morgan fingerprint density at radius 3 is 2.82 bits per heavy atom. The highest BCUT2D eigenvalue weighted by atomic mass is 16.2. The van der Waals surface area contributed by atoms with Crippen molar-refractivity contribution in [2.24, 2.45) is 0 Å². The number of rotatable bonds is 1. The highest BCUT2D eigenvalue weighted by Gasteiger charge is 2.26. The number of nitrogens with one attached hydrogen (secondary N) is 1. The lowest BCUT2D eigenvalue weighted by atomic mass is 10.1. The number of hydrogen-bond acceptors (Lipinski definition) is 2. The maximum atomic E-state index is 12.2. The van der Waals surface area contributed by atoms with Crippen LogP contribution >= 0.6 is 0 Å². The number of H-pyrrole nitrogens is 1. The SMILES string of the molecule is Cc1ccc(N2CCc3cn[nH]c3C2=O)cc1. The van der Waals surface area contributed by atoms with E-state index in [-0.39, 0.29) is 5.91 Å². The van der Waals surface area contributed by atoms with E-state index in [0.29, 0.717) is 12.2 Å². The molecular formula is C13H13N3O. The zero-order valence-corrected chi connectivity index (χ0v) is 9.60. The van der Waals surface area contributed by atoms with Crippen LogP contribution in [0.4, 0.5) is 5.69 Å². The number of hydrogen-bond donors (Lipinski definition) is 1. The van der Waals surface area contributed by atoms with Crippen LogP contribution < -0.4 is 4.90 Å². The molecule has 3 rings (SSSR count). The van der Waals surface area contributed by atoms with Crippen LogP contribution in [0.2, 0.25) is 0 Å². The first kappa shape index (κ1) is 10.1. The Bertz CT molecular complexity index is 556. The molecule has 0 fully saturated rings. The molecule has 4 nitrogen and oxygen atoms in total. The van der Waals surface area contributed by atoms with Crippen LogP contribution in [0.1, 0.15) is 21.6 Å². The molecule has 86 valence electrons. The van der Waals surface area contributed by atoms with Crippen LogP contribution in [0, 0.1) is 6.92 Å². The van der Waals surface area contributed by atoms with E-state index in [0.717, 1.165) is 17.7 Å². The van der Waals surface area contributed by atoms with Gasteiger partial charge in [-0.3, -0.25) is 9.89 Å². The number of carbonyl (C=O) groups is 1. The molecule has 1 aliphatic heterocycles. The minimum Gasteiger partial charge on any atom is -0.307 e. The minimum atomic E-state index is 0.00704. The molecule has 2 aromatic rings. The number of carbonyl (C=O) groups excluding carboxylic acids is 1. The maximum Gasteiger partial charge on any atom is 0.276 e. The van der Waals surface area contributed by atoms with Gasteiger partial charge in [0.25, 0.3) is 5.91 Å². The van der Waals surface area contributed by atoms with E-state index in [9.17, 15) is 4.79 Å². The molecule has 2 heterocycles. The largest absolute Gasteiger partial charge is 0.307 e.